The number of anilines is 1. The molecule has 1 saturated heterocycles. The number of carbonyl (C=O) groups is 1. The number of nitrogens with one attached hydrogen (secondary N) is 1. The second-order valence-corrected chi connectivity index (χ2v) is 7.68. The molecule has 8 nitrogen and oxygen atoms in total. The summed E-state index contributed by atoms with van der Waals surface area (Å²) in [5.41, 5.74) is 0.729. The van der Waals surface area contributed by atoms with Gasteiger partial charge in [-0.3, -0.25) is 9.69 Å². The van der Waals surface area contributed by atoms with Crippen LogP contribution in [0.3, 0.4) is 0 Å². The maximum absolute atomic E-state index is 14.1. The fourth-order valence-corrected chi connectivity index (χ4v) is 4.15. The standard InChI is InChI=1S/C17H19FN6O2S/c1-10-5-13(26-12-3-4-24-15(6-12)19-9-20-24)7-23(10)8-14-16(18)22-17(27-14)21-11(2)25/h3-4,6,9-10,13H,5,7-8H2,1-2H3,(H,21,22,25)/t10-,13+/m0/s1. The summed E-state index contributed by atoms with van der Waals surface area (Å²) in [4.78, 5) is 21.7. The van der Waals surface area contributed by atoms with Crippen LogP contribution in [0.25, 0.3) is 5.65 Å². The molecule has 2 atom stereocenters. The SMILES string of the molecule is CC(=O)Nc1nc(F)c(CN2C[C@H](Oc3ccn4ncnc4c3)C[C@@H]2C)s1. The van der Waals surface area contributed by atoms with Crippen LogP contribution in [0.2, 0.25) is 0 Å². The second kappa shape index (κ2) is 7.20. The highest BCUT2D eigenvalue weighted by molar-refractivity contribution is 7.15. The predicted octanol–water partition coefficient (Wildman–Crippen LogP) is 2.33. The third-order valence-electron chi connectivity index (χ3n) is 4.50. The van der Waals surface area contributed by atoms with E-state index in [4.69, 9.17) is 4.74 Å². The van der Waals surface area contributed by atoms with E-state index < -0.39 is 5.95 Å². The number of fused-ring (bicyclic) bond motifs is 1. The quantitative estimate of drug-likeness (QED) is 0.720. The lowest BCUT2D eigenvalue weighted by Gasteiger charge is -2.19. The number of pyridine rings is 1. The monoisotopic (exact) mass is 390 g/mol. The molecule has 0 radical (unpaired) electrons. The number of thiazole rings is 1. The lowest BCUT2D eigenvalue weighted by Crippen LogP contribution is -2.28. The normalized spacial score (nSPS) is 20.3. The number of likely N-dealkylation sites (tertiary alicyclic amines) is 1. The predicted molar refractivity (Wildman–Crippen MR) is 98.3 cm³/mol. The molecule has 1 N–H and O–H groups in total. The minimum absolute atomic E-state index is 0.0103. The minimum Gasteiger partial charge on any atom is -0.489 e. The third-order valence-corrected chi connectivity index (χ3v) is 5.43. The molecular weight excluding hydrogens is 371 g/mol. The van der Waals surface area contributed by atoms with E-state index in [-0.39, 0.29) is 23.2 Å². The Morgan fingerprint density at radius 3 is 3.19 bits per heavy atom. The van der Waals surface area contributed by atoms with Gasteiger partial charge in [0, 0.05) is 44.7 Å². The van der Waals surface area contributed by atoms with Crippen molar-refractivity contribution in [3.05, 3.63) is 35.5 Å². The highest BCUT2D eigenvalue weighted by Crippen LogP contribution is 2.29. The summed E-state index contributed by atoms with van der Waals surface area (Å²) >= 11 is 1.17. The molecule has 1 aliphatic rings. The van der Waals surface area contributed by atoms with Crippen LogP contribution in [0.1, 0.15) is 25.1 Å². The number of halogens is 1. The number of amides is 1. The highest BCUT2D eigenvalue weighted by Gasteiger charge is 2.31. The fraction of sp³-hybridized carbons (Fsp3) is 0.412. The van der Waals surface area contributed by atoms with Crippen molar-refractivity contribution >= 4 is 28.0 Å². The molecule has 1 aliphatic heterocycles. The second-order valence-electron chi connectivity index (χ2n) is 6.59. The van der Waals surface area contributed by atoms with Crippen molar-refractivity contribution in [1.29, 1.82) is 0 Å². The molecule has 3 aromatic heterocycles. The van der Waals surface area contributed by atoms with Gasteiger partial charge in [0.05, 0.1) is 4.88 Å². The molecule has 1 fully saturated rings. The van der Waals surface area contributed by atoms with E-state index in [0.29, 0.717) is 18.0 Å². The minimum atomic E-state index is -0.530. The number of nitrogens with zero attached hydrogens (tertiary/aromatic N) is 5. The number of hydrogen-bond donors (Lipinski definition) is 1. The van der Waals surface area contributed by atoms with Crippen LogP contribution in [-0.2, 0) is 11.3 Å². The summed E-state index contributed by atoms with van der Waals surface area (Å²) in [5, 5.41) is 6.88. The molecule has 1 amide bonds. The zero-order valence-electron chi connectivity index (χ0n) is 14.9. The molecule has 27 heavy (non-hydrogen) atoms. The van der Waals surface area contributed by atoms with Crippen molar-refractivity contribution in [3.8, 4) is 5.75 Å². The fourth-order valence-electron chi connectivity index (χ4n) is 3.23. The van der Waals surface area contributed by atoms with E-state index in [1.165, 1.54) is 24.6 Å². The zero-order chi connectivity index (χ0) is 19.0. The Hall–Kier alpha value is -2.59. The summed E-state index contributed by atoms with van der Waals surface area (Å²) in [5.74, 6) is -0.0491. The van der Waals surface area contributed by atoms with Crippen LogP contribution < -0.4 is 10.1 Å². The molecule has 4 rings (SSSR count). The Morgan fingerprint density at radius 1 is 1.52 bits per heavy atom. The molecule has 0 bridgehead atoms. The van der Waals surface area contributed by atoms with Crippen LogP contribution in [0, 0.1) is 5.95 Å². The summed E-state index contributed by atoms with van der Waals surface area (Å²) in [6.07, 6.45) is 4.16. The topological polar surface area (TPSA) is 84.7 Å². The Balaban J connectivity index is 1.40. The first-order chi connectivity index (χ1) is 13.0. The van der Waals surface area contributed by atoms with Gasteiger partial charge in [0.1, 0.15) is 18.2 Å². The Kier molecular flexibility index (Phi) is 4.75. The Morgan fingerprint density at radius 2 is 2.37 bits per heavy atom. The molecule has 0 aliphatic carbocycles. The van der Waals surface area contributed by atoms with Gasteiger partial charge in [-0.05, 0) is 13.0 Å². The van der Waals surface area contributed by atoms with E-state index >= 15 is 0 Å². The van der Waals surface area contributed by atoms with E-state index in [9.17, 15) is 9.18 Å². The number of aromatic nitrogens is 4. The molecule has 0 aromatic carbocycles. The molecule has 0 spiro atoms. The lowest BCUT2D eigenvalue weighted by atomic mass is 10.2. The van der Waals surface area contributed by atoms with Gasteiger partial charge in [-0.1, -0.05) is 11.3 Å². The van der Waals surface area contributed by atoms with Gasteiger partial charge in [-0.2, -0.15) is 14.5 Å². The van der Waals surface area contributed by atoms with Crippen LogP contribution in [-0.4, -0.2) is 49.1 Å². The largest absolute Gasteiger partial charge is 0.489 e. The highest BCUT2D eigenvalue weighted by atomic mass is 32.1. The lowest BCUT2D eigenvalue weighted by molar-refractivity contribution is -0.114. The van der Waals surface area contributed by atoms with E-state index in [2.05, 4.69) is 32.2 Å². The van der Waals surface area contributed by atoms with Gasteiger partial charge in [0.2, 0.25) is 11.9 Å². The smallest absolute Gasteiger partial charge is 0.230 e. The van der Waals surface area contributed by atoms with Gasteiger partial charge in [-0.15, -0.1) is 0 Å². The molecule has 10 heteroatoms. The van der Waals surface area contributed by atoms with Crippen molar-refractivity contribution in [3.63, 3.8) is 0 Å². The average molecular weight is 390 g/mol. The van der Waals surface area contributed by atoms with E-state index in [1.54, 1.807) is 4.52 Å². The Labute approximate surface area is 159 Å². The van der Waals surface area contributed by atoms with E-state index in [0.717, 1.165) is 17.8 Å². The van der Waals surface area contributed by atoms with Gasteiger partial charge in [0.25, 0.3) is 0 Å². The molecule has 0 unspecified atom stereocenters. The molecule has 4 heterocycles. The molecule has 0 saturated carbocycles. The first-order valence-corrected chi connectivity index (χ1v) is 9.42. The summed E-state index contributed by atoms with van der Waals surface area (Å²) < 4.78 is 21.8. The maximum atomic E-state index is 14.1. The number of rotatable bonds is 5. The van der Waals surface area contributed by atoms with Gasteiger partial charge >= 0.3 is 0 Å². The summed E-state index contributed by atoms with van der Waals surface area (Å²) in [6, 6.07) is 3.96. The first-order valence-electron chi connectivity index (χ1n) is 8.61. The summed E-state index contributed by atoms with van der Waals surface area (Å²) in [7, 11) is 0. The Bertz CT molecular complexity index is 973. The van der Waals surface area contributed by atoms with Crippen molar-refractivity contribution in [2.45, 2.75) is 39.0 Å². The van der Waals surface area contributed by atoms with Crippen molar-refractivity contribution in [2.24, 2.45) is 0 Å². The van der Waals surface area contributed by atoms with Crippen LogP contribution in [0.15, 0.2) is 24.7 Å². The number of carbonyl (C=O) groups excluding carboxylic acids is 1. The van der Waals surface area contributed by atoms with Crippen LogP contribution >= 0.6 is 11.3 Å². The van der Waals surface area contributed by atoms with Crippen molar-refractivity contribution in [1.82, 2.24) is 24.5 Å². The zero-order valence-corrected chi connectivity index (χ0v) is 15.7. The van der Waals surface area contributed by atoms with Crippen molar-refractivity contribution in [2.75, 3.05) is 11.9 Å². The first kappa shape index (κ1) is 17.8. The maximum Gasteiger partial charge on any atom is 0.230 e. The molecular formula is C17H19FN6O2S. The van der Waals surface area contributed by atoms with Gasteiger partial charge in [0.15, 0.2) is 10.8 Å². The van der Waals surface area contributed by atoms with Gasteiger partial charge < -0.3 is 10.1 Å². The van der Waals surface area contributed by atoms with Gasteiger partial charge in [-0.25, -0.2) is 9.50 Å². The van der Waals surface area contributed by atoms with Crippen LogP contribution in [0.5, 0.6) is 5.75 Å². The van der Waals surface area contributed by atoms with Crippen LogP contribution in [0.4, 0.5) is 9.52 Å². The number of hydrogen-bond acceptors (Lipinski definition) is 7. The average Bonchev–Trinajstić information content (AvgIpc) is 3.28. The third kappa shape index (κ3) is 3.91. The molecule has 3 aromatic rings. The number of ether oxygens (including phenoxy) is 1. The van der Waals surface area contributed by atoms with E-state index in [1.807, 2.05) is 18.3 Å². The van der Waals surface area contributed by atoms with Crippen molar-refractivity contribution < 1.29 is 13.9 Å². The summed E-state index contributed by atoms with van der Waals surface area (Å²) in [6.45, 7) is 4.60. The molecule has 142 valence electrons.